The first kappa shape index (κ1) is 17.9. The topological polar surface area (TPSA) is 105 Å². The van der Waals surface area contributed by atoms with E-state index in [2.05, 4.69) is 25.4 Å². The molecular weight excluding hydrogens is 382 g/mol. The Bertz CT molecular complexity index is 1370. The van der Waals surface area contributed by atoms with E-state index in [4.69, 9.17) is 4.52 Å². The molecule has 0 atom stereocenters. The Morgan fingerprint density at radius 2 is 1.80 bits per heavy atom. The molecule has 0 radical (unpaired) electrons. The van der Waals surface area contributed by atoms with Crippen LogP contribution >= 0.6 is 0 Å². The third-order valence-corrected chi connectivity index (χ3v) is 4.75. The number of hydrogen-bond acceptors (Lipinski definition) is 7. The Morgan fingerprint density at radius 3 is 2.60 bits per heavy atom. The number of aryl methyl sites for hydroxylation is 1. The van der Waals surface area contributed by atoms with Crippen LogP contribution in [0.4, 0.5) is 0 Å². The first-order valence-electron chi connectivity index (χ1n) is 9.39. The lowest BCUT2D eigenvalue weighted by Gasteiger charge is -2.04. The van der Waals surface area contributed by atoms with E-state index in [-0.39, 0.29) is 17.6 Å². The maximum absolute atomic E-state index is 12.8. The van der Waals surface area contributed by atoms with Crippen molar-refractivity contribution >= 4 is 11.2 Å². The van der Waals surface area contributed by atoms with Crippen LogP contribution < -0.4 is 5.56 Å². The van der Waals surface area contributed by atoms with E-state index >= 15 is 0 Å². The maximum atomic E-state index is 12.8. The van der Waals surface area contributed by atoms with E-state index in [1.165, 1.54) is 16.5 Å². The van der Waals surface area contributed by atoms with Gasteiger partial charge in [-0.25, -0.2) is 9.67 Å². The number of benzene rings is 2. The summed E-state index contributed by atoms with van der Waals surface area (Å²) >= 11 is 0. The van der Waals surface area contributed by atoms with Gasteiger partial charge in [0.1, 0.15) is 12.9 Å². The lowest BCUT2D eigenvalue weighted by molar-refractivity contribution is 0.369. The standard InChI is InChI=1S/C21H17N7O2/c1-14-7-9-15(10-8-14)11-28-20-18(24-26-28)21(29)27(13-22-20)12-17-23-19(25-30-17)16-5-3-2-4-6-16/h2-10,13H,11-12H2,1H3. The molecule has 5 rings (SSSR count). The number of nitrogens with zero attached hydrogens (tertiary/aromatic N) is 7. The van der Waals surface area contributed by atoms with Gasteiger partial charge in [-0.15, -0.1) is 5.10 Å². The van der Waals surface area contributed by atoms with Gasteiger partial charge in [0.15, 0.2) is 11.2 Å². The number of aromatic nitrogens is 7. The van der Waals surface area contributed by atoms with Crippen molar-refractivity contribution in [2.24, 2.45) is 0 Å². The highest BCUT2D eigenvalue weighted by Crippen LogP contribution is 2.15. The van der Waals surface area contributed by atoms with E-state index in [0.29, 0.717) is 23.9 Å². The van der Waals surface area contributed by atoms with Crippen LogP contribution in [0.25, 0.3) is 22.6 Å². The van der Waals surface area contributed by atoms with Crippen LogP contribution in [0, 0.1) is 6.92 Å². The van der Waals surface area contributed by atoms with Gasteiger partial charge >= 0.3 is 0 Å². The lowest BCUT2D eigenvalue weighted by atomic mass is 10.1. The molecule has 0 amide bonds. The van der Waals surface area contributed by atoms with Gasteiger partial charge in [0.25, 0.3) is 5.56 Å². The second kappa shape index (κ2) is 7.36. The van der Waals surface area contributed by atoms with Crippen molar-refractivity contribution in [2.45, 2.75) is 20.0 Å². The average Bonchev–Trinajstić information content (AvgIpc) is 3.40. The van der Waals surface area contributed by atoms with Crippen LogP contribution in [0.1, 0.15) is 17.0 Å². The molecule has 0 spiro atoms. The van der Waals surface area contributed by atoms with E-state index in [0.717, 1.165) is 11.1 Å². The van der Waals surface area contributed by atoms with Crippen LogP contribution in [-0.2, 0) is 13.1 Å². The van der Waals surface area contributed by atoms with Crippen molar-refractivity contribution in [3.05, 3.63) is 88.3 Å². The molecule has 0 aliphatic carbocycles. The highest BCUT2D eigenvalue weighted by Gasteiger charge is 2.15. The van der Waals surface area contributed by atoms with Crippen molar-refractivity contribution < 1.29 is 4.52 Å². The normalized spacial score (nSPS) is 11.2. The zero-order valence-electron chi connectivity index (χ0n) is 16.1. The fourth-order valence-electron chi connectivity index (χ4n) is 3.14. The molecule has 0 bridgehead atoms. The molecule has 9 heteroatoms. The van der Waals surface area contributed by atoms with Gasteiger partial charge in [0.2, 0.25) is 11.7 Å². The van der Waals surface area contributed by atoms with Gasteiger partial charge in [0, 0.05) is 5.56 Å². The molecule has 0 saturated carbocycles. The van der Waals surface area contributed by atoms with E-state index < -0.39 is 0 Å². The minimum absolute atomic E-state index is 0.104. The molecule has 0 aliphatic rings. The summed E-state index contributed by atoms with van der Waals surface area (Å²) in [5.74, 6) is 0.779. The Balaban J connectivity index is 1.41. The molecule has 0 N–H and O–H groups in total. The molecule has 3 aromatic heterocycles. The number of rotatable bonds is 5. The molecule has 5 aromatic rings. The third kappa shape index (κ3) is 3.37. The molecule has 0 saturated heterocycles. The third-order valence-electron chi connectivity index (χ3n) is 4.75. The Kier molecular flexibility index (Phi) is 4.40. The lowest BCUT2D eigenvalue weighted by Crippen LogP contribution is -2.21. The fraction of sp³-hybridized carbons (Fsp3) is 0.143. The molecule has 0 unspecified atom stereocenters. The summed E-state index contributed by atoms with van der Waals surface area (Å²) in [7, 11) is 0. The molecular formula is C21H17N7O2. The van der Waals surface area contributed by atoms with Gasteiger partial charge in [0.05, 0.1) is 6.54 Å². The summed E-state index contributed by atoms with van der Waals surface area (Å²) in [6.07, 6.45) is 1.45. The maximum Gasteiger partial charge on any atom is 0.283 e. The molecule has 30 heavy (non-hydrogen) atoms. The van der Waals surface area contributed by atoms with E-state index in [1.807, 2.05) is 61.5 Å². The first-order chi connectivity index (χ1) is 14.7. The van der Waals surface area contributed by atoms with Gasteiger partial charge in [-0.2, -0.15) is 4.98 Å². The summed E-state index contributed by atoms with van der Waals surface area (Å²) < 4.78 is 8.30. The SMILES string of the molecule is Cc1ccc(Cn2nnc3c(=O)n(Cc4nc(-c5ccccc5)no4)cnc32)cc1. The molecule has 0 aliphatic heterocycles. The summed E-state index contributed by atoms with van der Waals surface area (Å²) in [5, 5.41) is 12.1. The van der Waals surface area contributed by atoms with Crippen LogP contribution in [0.3, 0.4) is 0 Å². The van der Waals surface area contributed by atoms with Crippen LogP contribution in [-0.4, -0.2) is 34.7 Å². The van der Waals surface area contributed by atoms with Crippen LogP contribution in [0.15, 0.2) is 70.2 Å². The minimum Gasteiger partial charge on any atom is -0.337 e. The fourth-order valence-corrected chi connectivity index (χ4v) is 3.14. The zero-order chi connectivity index (χ0) is 20.5. The Hall–Kier alpha value is -4.14. The zero-order valence-corrected chi connectivity index (χ0v) is 16.1. The average molecular weight is 399 g/mol. The van der Waals surface area contributed by atoms with Crippen molar-refractivity contribution in [3.63, 3.8) is 0 Å². The van der Waals surface area contributed by atoms with E-state index in [9.17, 15) is 4.79 Å². The molecule has 148 valence electrons. The van der Waals surface area contributed by atoms with Crippen molar-refractivity contribution in [1.29, 1.82) is 0 Å². The van der Waals surface area contributed by atoms with Gasteiger partial charge in [-0.05, 0) is 12.5 Å². The minimum atomic E-state index is -0.311. The molecule has 9 nitrogen and oxygen atoms in total. The van der Waals surface area contributed by atoms with E-state index in [1.54, 1.807) is 4.68 Å². The monoisotopic (exact) mass is 399 g/mol. The predicted octanol–water partition coefficient (Wildman–Crippen LogP) is 2.44. The van der Waals surface area contributed by atoms with Gasteiger partial charge in [-0.1, -0.05) is 70.5 Å². The highest BCUT2D eigenvalue weighted by molar-refractivity contribution is 5.67. The van der Waals surface area contributed by atoms with Crippen molar-refractivity contribution in [3.8, 4) is 11.4 Å². The predicted molar refractivity (Wildman–Crippen MR) is 109 cm³/mol. The smallest absolute Gasteiger partial charge is 0.283 e. The van der Waals surface area contributed by atoms with Gasteiger partial charge in [-0.3, -0.25) is 9.36 Å². The summed E-state index contributed by atoms with van der Waals surface area (Å²) in [5.41, 5.74) is 3.40. The largest absolute Gasteiger partial charge is 0.337 e. The quantitative estimate of drug-likeness (QED) is 0.447. The Morgan fingerprint density at radius 1 is 1.00 bits per heavy atom. The van der Waals surface area contributed by atoms with Crippen molar-refractivity contribution in [2.75, 3.05) is 0 Å². The Labute approximate surface area is 170 Å². The van der Waals surface area contributed by atoms with Crippen LogP contribution in [0.5, 0.6) is 0 Å². The summed E-state index contributed by atoms with van der Waals surface area (Å²) in [6, 6.07) is 17.6. The van der Waals surface area contributed by atoms with Gasteiger partial charge < -0.3 is 4.52 Å². The number of fused-ring (bicyclic) bond motifs is 1. The van der Waals surface area contributed by atoms with Crippen molar-refractivity contribution in [1.82, 2.24) is 34.7 Å². The summed E-state index contributed by atoms with van der Waals surface area (Å²) in [4.78, 5) is 21.6. The highest BCUT2D eigenvalue weighted by atomic mass is 16.5. The second-order valence-electron chi connectivity index (χ2n) is 6.96. The molecule has 0 fully saturated rings. The molecule has 2 aromatic carbocycles. The first-order valence-corrected chi connectivity index (χ1v) is 9.39. The second-order valence-corrected chi connectivity index (χ2v) is 6.96. The molecule has 3 heterocycles. The van der Waals surface area contributed by atoms with Crippen LogP contribution in [0.2, 0.25) is 0 Å². The number of hydrogen-bond donors (Lipinski definition) is 0. The summed E-state index contributed by atoms with van der Waals surface area (Å²) in [6.45, 7) is 2.62.